The molecule has 1 saturated heterocycles. The lowest BCUT2D eigenvalue weighted by Crippen LogP contribution is -2.45. The number of carbonyl (C=O) groups excluding carboxylic acids is 1. The Balaban J connectivity index is 2.31. The zero-order chi connectivity index (χ0) is 11.8. The molecule has 0 atom stereocenters. The molecule has 0 aromatic carbocycles. The molecule has 1 aliphatic rings. The highest BCUT2D eigenvalue weighted by molar-refractivity contribution is 5.84. The van der Waals surface area contributed by atoms with Gasteiger partial charge in [-0.1, -0.05) is 6.08 Å². The average molecular weight is 226 g/mol. The smallest absolute Gasteiger partial charge is 0.242 e. The summed E-state index contributed by atoms with van der Waals surface area (Å²) < 4.78 is 5.19. The molecule has 16 heavy (non-hydrogen) atoms. The second kappa shape index (κ2) is 6.84. The van der Waals surface area contributed by atoms with Crippen molar-refractivity contribution in [3.8, 4) is 0 Å². The normalized spacial score (nSPS) is 17.0. The van der Waals surface area contributed by atoms with Gasteiger partial charge in [0.05, 0.1) is 13.2 Å². The summed E-state index contributed by atoms with van der Waals surface area (Å²) >= 11 is 0. The fraction of sp³-hybridized carbons (Fsp3) is 0.600. The molecule has 6 heteroatoms. The van der Waals surface area contributed by atoms with E-state index in [0.717, 1.165) is 13.1 Å². The first kappa shape index (κ1) is 12.5. The molecule has 1 aliphatic heterocycles. The van der Waals surface area contributed by atoms with E-state index in [9.17, 15) is 4.79 Å². The molecule has 0 aromatic rings. The number of rotatable bonds is 4. The van der Waals surface area contributed by atoms with Crippen molar-refractivity contribution in [3.63, 3.8) is 0 Å². The molecule has 90 valence electrons. The number of hydrogen-bond donors (Lipinski definition) is 2. The Morgan fingerprint density at radius 2 is 2.25 bits per heavy atom. The van der Waals surface area contributed by atoms with Gasteiger partial charge in [-0.05, 0) is 0 Å². The van der Waals surface area contributed by atoms with Crippen LogP contribution in [0.1, 0.15) is 0 Å². The molecule has 1 amide bonds. The molecule has 0 bridgehead atoms. The largest absolute Gasteiger partial charge is 0.378 e. The summed E-state index contributed by atoms with van der Waals surface area (Å²) in [6.07, 6.45) is 1.62. The first-order chi connectivity index (χ1) is 7.74. The summed E-state index contributed by atoms with van der Waals surface area (Å²) in [5.41, 5.74) is 5.75. The molecule has 1 fully saturated rings. The summed E-state index contributed by atoms with van der Waals surface area (Å²) in [7, 11) is 0. The van der Waals surface area contributed by atoms with Crippen LogP contribution in [0.5, 0.6) is 0 Å². The summed E-state index contributed by atoms with van der Waals surface area (Å²) in [6.45, 7) is 6.76. The van der Waals surface area contributed by atoms with Crippen molar-refractivity contribution in [2.75, 3.05) is 39.4 Å². The first-order valence-corrected chi connectivity index (χ1v) is 5.24. The number of hydrogen-bond acceptors (Lipinski definition) is 3. The van der Waals surface area contributed by atoms with Crippen LogP contribution in [-0.2, 0) is 9.53 Å². The van der Waals surface area contributed by atoms with E-state index in [4.69, 9.17) is 10.5 Å². The Morgan fingerprint density at radius 3 is 2.88 bits per heavy atom. The van der Waals surface area contributed by atoms with Crippen LogP contribution in [0.2, 0.25) is 0 Å². The topological polar surface area (TPSA) is 80.0 Å². The Bertz CT molecular complexity index is 272. The summed E-state index contributed by atoms with van der Waals surface area (Å²) in [5, 5.41) is 2.63. The van der Waals surface area contributed by atoms with Crippen LogP contribution in [0.25, 0.3) is 0 Å². The highest BCUT2D eigenvalue weighted by Gasteiger charge is 2.12. The molecule has 0 saturated carbocycles. The highest BCUT2D eigenvalue weighted by atomic mass is 16.5. The molecule has 1 heterocycles. The number of nitrogens with zero attached hydrogens (tertiary/aromatic N) is 2. The SMILES string of the molecule is C=CCNC(=O)CN=C(N)N1CCOCC1. The minimum absolute atomic E-state index is 0.0526. The lowest BCUT2D eigenvalue weighted by atomic mass is 10.4. The van der Waals surface area contributed by atoms with Crippen molar-refractivity contribution < 1.29 is 9.53 Å². The van der Waals surface area contributed by atoms with Crippen molar-refractivity contribution in [1.29, 1.82) is 0 Å². The molecule has 0 aromatic heterocycles. The zero-order valence-electron chi connectivity index (χ0n) is 9.32. The van der Waals surface area contributed by atoms with Gasteiger partial charge in [0.2, 0.25) is 5.91 Å². The van der Waals surface area contributed by atoms with Crippen molar-refractivity contribution in [2.24, 2.45) is 10.7 Å². The van der Waals surface area contributed by atoms with Crippen molar-refractivity contribution in [1.82, 2.24) is 10.2 Å². The molecule has 0 radical (unpaired) electrons. The van der Waals surface area contributed by atoms with Gasteiger partial charge in [-0.25, -0.2) is 4.99 Å². The predicted molar refractivity (Wildman–Crippen MR) is 62.1 cm³/mol. The third-order valence-electron chi connectivity index (χ3n) is 2.16. The maximum absolute atomic E-state index is 11.2. The summed E-state index contributed by atoms with van der Waals surface area (Å²) in [6, 6.07) is 0. The van der Waals surface area contributed by atoms with Crippen molar-refractivity contribution >= 4 is 11.9 Å². The third-order valence-corrected chi connectivity index (χ3v) is 2.16. The van der Waals surface area contributed by atoms with Crippen LogP contribution in [0, 0.1) is 0 Å². The number of carbonyl (C=O) groups is 1. The molecule has 3 N–H and O–H groups in total. The van der Waals surface area contributed by atoms with Gasteiger partial charge in [-0.15, -0.1) is 6.58 Å². The van der Waals surface area contributed by atoms with E-state index in [1.165, 1.54) is 0 Å². The van der Waals surface area contributed by atoms with E-state index in [1.54, 1.807) is 6.08 Å². The second-order valence-electron chi connectivity index (χ2n) is 3.37. The van der Waals surface area contributed by atoms with Crippen molar-refractivity contribution in [3.05, 3.63) is 12.7 Å². The quantitative estimate of drug-likeness (QED) is 0.363. The lowest BCUT2D eigenvalue weighted by molar-refractivity contribution is -0.119. The van der Waals surface area contributed by atoms with Crippen LogP contribution in [0.3, 0.4) is 0 Å². The standard InChI is InChI=1S/C10H18N4O2/c1-2-3-12-9(15)8-13-10(11)14-4-6-16-7-5-14/h2H,1,3-8H2,(H2,11,13)(H,12,15). The molecular formula is C10H18N4O2. The van der Waals surface area contributed by atoms with Crippen LogP contribution >= 0.6 is 0 Å². The summed E-state index contributed by atoms with van der Waals surface area (Å²) in [4.78, 5) is 17.2. The molecule has 1 rings (SSSR count). The minimum Gasteiger partial charge on any atom is -0.378 e. The molecule has 0 unspecified atom stereocenters. The second-order valence-corrected chi connectivity index (χ2v) is 3.37. The van der Waals surface area contributed by atoms with E-state index >= 15 is 0 Å². The fourth-order valence-corrected chi connectivity index (χ4v) is 1.29. The van der Waals surface area contributed by atoms with Crippen LogP contribution in [-0.4, -0.2) is 56.2 Å². The van der Waals surface area contributed by atoms with E-state index < -0.39 is 0 Å². The van der Waals surface area contributed by atoms with Crippen LogP contribution < -0.4 is 11.1 Å². The van der Waals surface area contributed by atoms with Crippen molar-refractivity contribution in [2.45, 2.75) is 0 Å². The monoisotopic (exact) mass is 226 g/mol. The minimum atomic E-state index is -0.156. The maximum atomic E-state index is 11.2. The number of nitrogens with one attached hydrogen (secondary N) is 1. The Morgan fingerprint density at radius 1 is 1.56 bits per heavy atom. The Hall–Kier alpha value is -1.56. The number of aliphatic imine (C=N–C) groups is 1. The van der Waals surface area contributed by atoms with Crippen LogP contribution in [0.4, 0.5) is 0 Å². The first-order valence-electron chi connectivity index (χ1n) is 5.24. The van der Waals surface area contributed by atoms with Gasteiger partial charge >= 0.3 is 0 Å². The van der Waals surface area contributed by atoms with Gasteiger partial charge in [0, 0.05) is 19.6 Å². The van der Waals surface area contributed by atoms with Gasteiger partial charge in [-0.2, -0.15) is 0 Å². The summed E-state index contributed by atoms with van der Waals surface area (Å²) in [5.74, 6) is 0.244. The molecule has 6 nitrogen and oxygen atoms in total. The van der Waals surface area contributed by atoms with E-state index in [-0.39, 0.29) is 12.5 Å². The fourth-order valence-electron chi connectivity index (χ4n) is 1.29. The number of nitrogens with two attached hydrogens (primary N) is 1. The van der Waals surface area contributed by atoms with Gasteiger partial charge in [0.25, 0.3) is 0 Å². The highest BCUT2D eigenvalue weighted by Crippen LogP contribution is 1.95. The third kappa shape index (κ3) is 4.31. The predicted octanol–water partition coefficient (Wildman–Crippen LogP) is -1.06. The van der Waals surface area contributed by atoms with E-state index in [0.29, 0.717) is 25.7 Å². The Kier molecular flexibility index (Phi) is 5.35. The maximum Gasteiger partial charge on any atom is 0.242 e. The van der Waals surface area contributed by atoms with Gasteiger partial charge in [0.15, 0.2) is 5.96 Å². The van der Waals surface area contributed by atoms with Gasteiger partial charge in [-0.3, -0.25) is 4.79 Å². The lowest BCUT2D eigenvalue weighted by Gasteiger charge is -2.27. The van der Waals surface area contributed by atoms with E-state index in [2.05, 4.69) is 16.9 Å². The zero-order valence-corrected chi connectivity index (χ0v) is 9.32. The van der Waals surface area contributed by atoms with Gasteiger partial charge < -0.3 is 20.7 Å². The molecule has 0 aliphatic carbocycles. The van der Waals surface area contributed by atoms with Gasteiger partial charge in [0.1, 0.15) is 6.54 Å². The van der Waals surface area contributed by atoms with E-state index in [1.807, 2.05) is 4.90 Å². The number of ether oxygens (including phenoxy) is 1. The van der Waals surface area contributed by atoms with Crippen LogP contribution in [0.15, 0.2) is 17.6 Å². The number of amides is 1. The molecule has 0 spiro atoms. The molecular weight excluding hydrogens is 208 g/mol. The Labute approximate surface area is 95.1 Å². The average Bonchev–Trinajstić information content (AvgIpc) is 2.34. The number of guanidine groups is 1. The number of morpholine rings is 1.